The Labute approximate surface area is 128 Å². The molecule has 0 radical (unpaired) electrons. The smallest absolute Gasteiger partial charge is 0.227 e. The predicted octanol–water partition coefficient (Wildman–Crippen LogP) is 2.42. The fourth-order valence-corrected chi connectivity index (χ4v) is 2.57. The number of carbonyl (C=O) groups is 1. The van der Waals surface area contributed by atoms with E-state index in [1.165, 1.54) is 11.1 Å². The molecule has 112 valence electrons. The molecule has 1 amide bonds. The number of aryl methyl sites for hydroxylation is 1. The number of benzene rings is 1. The molecule has 1 aliphatic rings. The Hall–Kier alpha value is -1.06. The molecule has 1 aliphatic heterocycles. The molecule has 0 saturated carbocycles. The minimum atomic E-state index is 0. The lowest BCUT2D eigenvalue weighted by atomic mass is 10.0. The molecule has 4 heteroatoms. The molecule has 1 aromatic rings. The van der Waals surface area contributed by atoms with Gasteiger partial charge < -0.3 is 10.2 Å². The summed E-state index contributed by atoms with van der Waals surface area (Å²) in [5.41, 5.74) is 2.57. The summed E-state index contributed by atoms with van der Waals surface area (Å²) in [6.45, 7) is 6.02. The van der Waals surface area contributed by atoms with Gasteiger partial charge in [-0.1, -0.05) is 29.8 Å². The third kappa shape index (κ3) is 4.22. The number of carbonyl (C=O) groups excluding carboxylic acids is 1. The van der Waals surface area contributed by atoms with Crippen LogP contribution in [-0.4, -0.2) is 37.0 Å². The van der Waals surface area contributed by atoms with Crippen molar-refractivity contribution in [2.24, 2.45) is 5.92 Å². The Balaban J connectivity index is 0.00000200. The molecule has 0 aliphatic carbocycles. The normalized spacial score (nSPS) is 19.2. The van der Waals surface area contributed by atoms with Crippen LogP contribution in [0, 0.1) is 12.8 Å². The van der Waals surface area contributed by atoms with Crippen molar-refractivity contribution in [2.75, 3.05) is 20.1 Å². The second-order valence-corrected chi connectivity index (χ2v) is 5.68. The zero-order valence-corrected chi connectivity index (χ0v) is 13.4. The van der Waals surface area contributed by atoms with Crippen LogP contribution in [0.5, 0.6) is 0 Å². The molecule has 1 aromatic carbocycles. The molecule has 2 atom stereocenters. The van der Waals surface area contributed by atoms with Crippen molar-refractivity contribution in [1.29, 1.82) is 0 Å². The average Bonchev–Trinajstić information content (AvgIpc) is 2.93. The molecule has 20 heavy (non-hydrogen) atoms. The number of rotatable bonds is 4. The SMILES string of the molecule is Cc1ccc(CC(C)N(C)C(=O)C2CCNC2)cc1.Cl. The topological polar surface area (TPSA) is 32.3 Å². The first kappa shape index (κ1) is 17.0. The fourth-order valence-electron chi connectivity index (χ4n) is 2.57. The monoisotopic (exact) mass is 296 g/mol. The Kier molecular flexibility index (Phi) is 6.50. The second kappa shape index (κ2) is 7.65. The van der Waals surface area contributed by atoms with Crippen LogP contribution in [0.2, 0.25) is 0 Å². The summed E-state index contributed by atoms with van der Waals surface area (Å²) in [7, 11) is 1.93. The summed E-state index contributed by atoms with van der Waals surface area (Å²) < 4.78 is 0. The van der Waals surface area contributed by atoms with Crippen LogP contribution in [0.4, 0.5) is 0 Å². The van der Waals surface area contributed by atoms with Crippen molar-refractivity contribution in [3.8, 4) is 0 Å². The number of halogens is 1. The van der Waals surface area contributed by atoms with E-state index < -0.39 is 0 Å². The lowest BCUT2D eigenvalue weighted by molar-refractivity contribution is -0.135. The molecule has 2 unspecified atom stereocenters. The van der Waals surface area contributed by atoms with Gasteiger partial charge in [0.2, 0.25) is 5.91 Å². The Morgan fingerprint density at radius 3 is 2.60 bits per heavy atom. The maximum Gasteiger partial charge on any atom is 0.227 e. The van der Waals surface area contributed by atoms with E-state index in [4.69, 9.17) is 0 Å². The number of likely N-dealkylation sites (N-methyl/N-ethyl adjacent to an activating group) is 1. The molecule has 0 aromatic heterocycles. The Morgan fingerprint density at radius 2 is 2.05 bits per heavy atom. The van der Waals surface area contributed by atoms with Crippen molar-refractivity contribution >= 4 is 18.3 Å². The molecular weight excluding hydrogens is 272 g/mol. The third-order valence-electron chi connectivity index (χ3n) is 4.07. The van der Waals surface area contributed by atoms with E-state index in [-0.39, 0.29) is 30.3 Å². The van der Waals surface area contributed by atoms with Gasteiger partial charge in [-0.2, -0.15) is 0 Å². The molecule has 0 spiro atoms. The highest BCUT2D eigenvalue weighted by atomic mass is 35.5. The summed E-state index contributed by atoms with van der Waals surface area (Å²) in [4.78, 5) is 14.2. The van der Waals surface area contributed by atoms with E-state index in [0.717, 1.165) is 25.9 Å². The van der Waals surface area contributed by atoms with Gasteiger partial charge in [0.05, 0.1) is 5.92 Å². The van der Waals surface area contributed by atoms with Crippen molar-refractivity contribution in [3.05, 3.63) is 35.4 Å². The van der Waals surface area contributed by atoms with Gasteiger partial charge in [0.1, 0.15) is 0 Å². The van der Waals surface area contributed by atoms with Crippen LogP contribution in [0.3, 0.4) is 0 Å². The van der Waals surface area contributed by atoms with Gasteiger partial charge in [-0.3, -0.25) is 4.79 Å². The van der Waals surface area contributed by atoms with E-state index in [1.807, 2.05) is 11.9 Å². The molecule has 1 N–H and O–H groups in total. The van der Waals surface area contributed by atoms with Gasteiger partial charge in [0, 0.05) is 19.6 Å². The standard InChI is InChI=1S/C16H24N2O.ClH/c1-12-4-6-14(7-5-12)10-13(2)18(3)16(19)15-8-9-17-11-15;/h4-7,13,15,17H,8-11H2,1-3H3;1H. The van der Waals surface area contributed by atoms with Crippen molar-refractivity contribution in [1.82, 2.24) is 10.2 Å². The first-order chi connectivity index (χ1) is 9.08. The molecule has 2 rings (SSSR count). The van der Waals surface area contributed by atoms with Crippen LogP contribution in [0.15, 0.2) is 24.3 Å². The summed E-state index contributed by atoms with van der Waals surface area (Å²) in [5, 5.41) is 3.26. The molecule has 0 bridgehead atoms. The molecule has 1 fully saturated rings. The van der Waals surface area contributed by atoms with Crippen molar-refractivity contribution in [3.63, 3.8) is 0 Å². The lowest BCUT2D eigenvalue weighted by Crippen LogP contribution is -2.40. The Bertz CT molecular complexity index is 427. The minimum Gasteiger partial charge on any atom is -0.342 e. The first-order valence-electron chi connectivity index (χ1n) is 7.11. The highest BCUT2D eigenvalue weighted by Gasteiger charge is 2.27. The first-order valence-corrected chi connectivity index (χ1v) is 7.11. The van der Waals surface area contributed by atoms with E-state index in [2.05, 4.69) is 43.4 Å². The maximum absolute atomic E-state index is 12.3. The zero-order valence-electron chi connectivity index (χ0n) is 12.6. The zero-order chi connectivity index (χ0) is 13.8. The maximum atomic E-state index is 12.3. The predicted molar refractivity (Wildman–Crippen MR) is 85.3 cm³/mol. The quantitative estimate of drug-likeness (QED) is 0.925. The second-order valence-electron chi connectivity index (χ2n) is 5.68. The van der Waals surface area contributed by atoms with Gasteiger partial charge >= 0.3 is 0 Å². The highest BCUT2D eigenvalue weighted by Crippen LogP contribution is 2.15. The minimum absolute atomic E-state index is 0. The van der Waals surface area contributed by atoms with Crippen molar-refractivity contribution in [2.45, 2.75) is 32.7 Å². The van der Waals surface area contributed by atoms with Gasteiger partial charge in [0.15, 0.2) is 0 Å². The highest BCUT2D eigenvalue weighted by molar-refractivity contribution is 5.85. The molecule has 3 nitrogen and oxygen atoms in total. The molecule has 1 saturated heterocycles. The number of amides is 1. The lowest BCUT2D eigenvalue weighted by Gasteiger charge is -2.27. The summed E-state index contributed by atoms with van der Waals surface area (Å²) >= 11 is 0. The van der Waals surface area contributed by atoms with Crippen LogP contribution >= 0.6 is 12.4 Å². The van der Waals surface area contributed by atoms with Gasteiger partial charge in [-0.25, -0.2) is 0 Å². The number of hydrogen-bond acceptors (Lipinski definition) is 2. The largest absolute Gasteiger partial charge is 0.342 e. The van der Waals surface area contributed by atoms with Gasteiger partial charge in [-0.05, 0) is 38.8 Å². The summed E-state index contributed by atoms with van der Waals surface area (Å²) in [6.07, 6.45) is 1.89. The number of nitrogens with zero attached hydrogens (tertiary/aromatic N) is 1. The van der Waals surface area contributed by atoms with Gasteiger partial charge in [0.25, 0.3) is 0 Å². The molecule has 1 heterocycles. The molecular formula is C16H25ClN2O. The fraction of sp³-hybridized carbons (Fsp3) is 0.562. The number of hydrogen-bond donors (Lipinski definition) is 1. The summed E-state index contributed by atoms with van der Waals surface area (Å²) in [5.74, 6) is 0.454. The van der Waals surface area contributed by atoms with E-state index in [1.54, 1.807) is 0 Å². The van der Waals surface area contributed by atoms with Gasteiger partial charge in [-0.15, -0.1) is 12.4 Å². The van der Waals surface area contributed by atoms with E-state index >= 15 is 0 Å². The van der Waals surface area contributed by atoms with Crippen molar-refractivity contribution < 1.29 is 4.79 Å². The van der Waals surface area contributed by atoms with Crippen LogP contribution in [0.1, 0.15) is 24.5 Å². The number of nitrogens with one attached hydrogen (secondary N) is 1. The summed E-state index contributed by atoms with van der Waals surface area (Å²) in [6, 6.07) is 8.81. The van der Waals surface area contributed by atoms with E-state index in [9.17, 15) is 4.79 Å². The van der Waals surface area contributed by atoms with Crippen LogP contribution in [-0.2, 0) is 11.2 Å². The van der Waals surface area contributed by atoms with Crippen LogP contribution in [0.25, 0.3) is 0 Å². The Morgan fingerprint density at radius 1 is 1.40 bits per heavy atom. The van der Waals surface area contributed by atoms with E-state index in [0.29, 0.717) is 0 Å². The average molecular weight is 297 g/mol. The van der Waals surface area contributed by atoms with Crippen LogP contribution < -0.4 is 5.32 Å². The third-order valence-corrected chi connectivity index (χ3v) is 4.07.